The summed E-state index contributed by atoms with van der Waals surface area (Å²) in [7, 11) is -3.78. The Kier molecular flexibility index (Phi) is 4.18. The van der Waals surface area contributed by atoms with Gasteiger partial charge in [0.05, 0.1) is 21.5 Å². The second kappa shape index (κ2) is 6.44. The monoisotopic (exact) mass is 415 g/mol. The van der Waals surface area contributed by atoms with Crippen molar-refractivity contribution < 1.29 is 8.42 Å². The van der Waals surface area contributed by atoms with Gasteiger partial charge in [-0.2, -0.15) is 9.97 Å². The molecular formula is C17H14ClN7O2S. The SMILES string of the molecule is Nc1nc(N)c2c(Nc3ccc(S(N)(=O)=O)cc3)c3ccc(Cl)cc3nc2n1. The minimum Gasteiger partial charge on any atom is -0.383 e. The van der Waals surface area contributed by atoms with Crippen LogP contribution < -0.4 is 21.9 Å². The Hall–Kier alpha value is -3.21. The molecule has 0 spiro atoms. The molecule has 0 bridgehead atoms. The zero-order valence-electron chi connectivity index (χ0n) is 14.2. The summed E-state index contributed by atoms with van der Waals surface area (Å²) in [5.74, 6) is 0.165. The Morgan fingerprint density at radius 1 is 0.964 bits per heavy atom. The molecule has 0 fully saturated rings. The van der Waals surface area contributed by atoms with Gasteiger partial charge in [0.1, 0.15) is 5.82 Å². The van der Waals surface area contributed by atoms with Crippen molar-refractivity contribution in [2.75, 3.05) is 16.8 Å². The maximum atomic E-state index is 11.5. The third kappa shape index (κ3) is 3.24. The van der Waals surface area contributed by atoms with Crippen LogP contribution in [-0.2, 0) is 10.0 Å². The predicted octanol–water partition coefficient (Wildman–Crippen LogP) is 2.39. The number of anilines is 4. The van der Waals surface area contributed by atoms with Gasteiger partial charge in [-0.25, -0.2) is 18.5 Å². The lowest BCUT2D eigenvalue weighted by Crippen LogP contribution is -2.11. The quantitative estimate of drug-likeness (QED) is 0.370. The first kappa shape index (κ1) is 18.2. The van der Waals surface area contributed by atoms with Crippen molar-refractivity contribution in [2.45, 2.75) is 4.90 Å². The lowest BCUT2D eigenvalue weighted by molar-refractivity contribution is 0.598. The number of rotatable bonds is 3. The Bertz CT molecular complexity index is 1340. The first-order valence-electron chi connectivity index (χ1n) is 7.94. The van der Waals surface area contributed by atoms with E-state index in [0.717, 1.165) is 5.39 Å². The fraction of sp³-hybridized carbons (Fsp3) is 0. The molecule has 2 aromatic carbocycles. The van der Waals surface area contributed by atoms with Crippen LogP contribution in [0.4, 0.5) is 23.1 Å². The van der Waals surface area contributed by atoms with Crippen LogP contribution in [0.1, 0.15) is 0 Å². The molecule has 7 N–H and O–H groups in total. The van der Waals surface area contributed by atoms with Crippen LogP contribution in [0.25, 0.3) is 21.9 Å². The highest BCUT2D eigenvalue weighted by Gasteiger charge is 2.16. The van der Waals surface area contributed by atoms with E-state index in [1.54, 1.807) is 30.3 Å². The number of hydrogen-bond acceptors (Lipinski definition) is 8. The first-order valence-corrected chi connectivity index (χ1v) is 9.86. The number of halogens is 1. The average molecular weight is 416 g/mol. The van der Waals surface area contributed by atoms with E-state index in [0.29, 0.717) is 32.9 Å². The van der Waals surface area contributed by atoms with Gasteiger partial charge in [0.25, 0.3) is 0 Å². The van der Waals surface area contributed by atoms with Gasteiger partial charge in [0.15, 0.2) is 5.65 Å². The minimum absolute atomic E-state index is 0.00216. The van der Waals surface area contributed by atoms with Crippen molar-refractivity contribution >= 4 is 66.7 Å². The zero-order valence-corrected chi connectivity index (χ0v) is 15.8. The summed E-state index contributed by atoms with van der Waals surface area (Å²) in [5, 5.41) is 10.1. The van der Waals surface area contributed by atoms with Gasteiger partial charge in [-0.05, 0) is 42.5 Å². The van der Waals surface area contributed by atoms with Crippen LogP contribution in [0.3, 0.4) is 0 Å². The number of nitrogens with one attached hydrogen (secondary N) is 1. The Labute approximate surface area is 164 Å². The largest absolute Gasteiger partial charge is 0.383 e. The van der Waals surface area contributed by atoms with E-state index >= 15 is 0 Å². The van der Waals surface area contributed by atoms with E-state index in [-0.39, 0.29) is 16.7 Å². The molecule has 0 radical (unpaired) electrons. The Balaban J connectivity index is 1.95. The van der Waals surface area contributed by atoms with Crippen molar-refractivity contribution in [3.05, 3.63) is 47.5 Å². The molecule has 4 aromatic rings. The minimum atomic E-state index is -3.78. The summed E-state index contributed by atoms with van der Waals surface area (Å²) < 4.78 is 22.9. The third-order valence-electron chi connectivity index (χ3n) is 4.09. The number of hydrogen-bond donors (Lipinski definition) is 4. The number of pyridine rings is 1. The number of primary sulfonamides is 1. The molecule has 0 saturated carbocycles. The number of nitrogen functional groups attached to an aromatic ring is 2. The van der Waals surface area contributed by atoms with Gasteiger partial charge in [-0.3, -0.25) is 0 Å². The number of nitrogens with zero attached hydrogens (tertiary/aromatic N) is 3. The van der Waals surface area contributed by atoms with Gasteiger partial charge < -0.3 is 16.8 Å². The van der Waals surface area contributed by atoms with Gasteiger partial charge in [0, 0.05) is 16.1 Å². The molecule has 4 rings (SSSR count). The molecule has 28 heavy (non-hydrogen) atoms. The van der Waals surface area contributed by atoms with Crippen LogP contribution in [0, 0.1) is 0 Å². The van der Waals surface area contributed by atoms with Crippen LogP contribution in [0.15, 0.2) is 47.4 Å². The second-order valence-corrected chi connectivity index (χ2v) is 8.01. The number of aromatic nitrogens is 3. The topological polar surface area (TPSA) is 163 Å². The fourth-order valence-corrected chi connectivity index (χ4v) is 3.55. The number of nitrogens with two attached hydrogens (primary N) is 3. The lowest BCUT2D eigenvalue weighted by Gasteiger charge is -2.14. The van der Waals surface area contributed by atoms with Crippen molar-refractivity contribution in [3.63, 3.8) is 0 Å². The maximum Gasteiger partial charge on any atom is 0.238 e. The molecule has 0 aliphatic carbocycles. The van der Waals surface area contributed by atoms with Gasteiger partial charge >= 0.3 is 0 Å². The fourth-order valence-electron chi connectivity index (χ4n) is 2.86. The van der Waals surface area contributed by atoms with Gasteiger partial charge in [-0.1, -0.05) is 11.6 Å². The molecule has 0 atom stereocenters. The molecule has 9 nitrogen and oxygen atoms in total. The van der Waals surface area contributed by atoms with Crippen LogP contribution in [0.2, 0.25) is 5.02 Å². The van der Waals surface area contributed by atoms with Gasteiger partial charge in [0.2, 0.25) is 16.0 Å². The second-order valence-electron chi connectivity index (χ2n) is 6.01. The van der Waals surface area contributed by atoms with Crippen LogP contribution in [0.5, 0.6) is 0 Å². The normalized spacial score (nSPS) is 11.8. The molecule has 0 amide bonds. The first-order chi connectivity index (χ1) is 13.2. The van der Waals surface area contributed by atoms with Crippen molar-refractivity contribution in [2.24, 2.45) is 5.14 Å². The third-order valence-corrected chi connectivity index (χ3v) is 5.26. The number of benzene rings is 2. The van der Waals surface area contributed by atoms with Crippen molar-refractivity contribution in [3.8, 4) is 0 Å². The molecule has 0 unspecified atom stereocenters. The molecule has 0 saturated heterocycles. The smallest absolute Gasteiger partial charge is 0.238 e. The Morgan fingerprint density at radius 3 is 2.36 bits per heavy atom. The van der Waals surface area contributed by atoms with E-state index in [4.69, 9.17) is 28.2 Å². The standard InChI is InChI=1S/C17H14ClN7O2S/c18-8-1-6-11-12(7-8)23-16-13(15(19)24-17(20)25-16)14(11)22-9-2-4-10(5-3-9)28(21,26)27/h1-7H,(H2,21,26,27)(H5,19,20,22,23,24,25). The average Bonchev–Trinajstić information content (AvgIpc) is 2.60. The molecule has 0 aliphatic heterocycles. The summed E-state index contributed by atoms with van der Waals surface area (Å²) in [6.45, 7) is 0. The summed E-state index contributed by atoms with van der Waals surface area (Å²) in [4.78, 5) is 12.7. The molecule has 0 aliphatic rings. The van der Waals surface area contributed by atoms with Crippen molar-refractivity contribution in [1.29, 1.82) is 0 Å². The van der Waals surface area contributed by atoms with E-state index in [1.165, 1.54) is 12.1 Å². The molecule has 142 valence electrons. The Morgan fingerprint density at radius 2 is 1.68 bits per heavy atom. The van der Waals surface area contributed by atoms with Crippen molar-refractivity contribution in [1.82, 2.24) is 15.0 Å². The number of sulfonamides is 1. The summed E-state index contributed by atoms with van der Waals surface area (Å²) in [6.07, 6.45) is 0. The number of fused-ring (bicyclic) bond motifs is 2. The van der Waals surface area contributed by atoms with E-state index in [9.17, 15) is 8.42 Å². The molecule has 2 aromatic heterocycles. The van der Waals surface area contributed by atoms with Crippen LogP contribution >= 0.6 is 11.6 Å². The lowest BCUT2D eigenvalue weighted by atomic mass is 10.1. The highest BCUT2D eigenvalue weighted by Crippen LogP contribution is 2.36. The van der Waals surface area contributed by atoms with E-state index in [2.05, 4.69) is 20.3 Å². The highest BCUT2D eigenvalue weighted by atomic mass is 35.5. The maximum absolute atomic E-state index is 11.5. The molecular weight excluding hydrogens is 402 g/mol. The summed E-state index contributed by atoms with van der Waals surface area (Å²) in [6, 6.07) is 11.2. The summed E-state index contributed by atoms with van der Waals surface area (Å²) in [5.41, 5.74) is 13.9. The molecule has 11 heteroatoms. The van der Waals surface area contributed by atoms with E-state index < -0.39 is 10.0 Å². The van der Waals surface area contributed by atoms with Crippen LogP contribution in [-0.4, -0.2) is 23.4 Å². The van der Waals surface area contributed by atoms with E-state index in [1.807, 2.05) is 0 Å². The highest BCUT2D eigenvalue weighted by molar-refractivity contribution is 7.89. The molecule has 2 heterocycles. The van der Waals surface area contributed by atoms with Gasteiger partial charge in [-0.15, -0.1) is 0 Å². The predicted molar refractivity (Wildman–Crippen MR) is 110 cm³/mol. The summed E-state index contributed by atoms with van der Waals surface area (Å²) >= 11 is 6.09. The zero-order chi connectivity index (χ0) is 20.1.